The largest absolute Gasteiger partial charge is 0.484 e. The SMILES string of the molecule is Cc1ccc(NC(=O)COc2ccc(C(=S)N3C[C@@H](C)O[C@H](C)C3)cc2)cc1Cl. The van der Waals surface area contributed by atoms with Crippen LogP contribution in [0.2, 0.25) is 5.02 Å². The van der Waals surface area contributed by atoms with Crippen LogP contribution in [0.3, 0.4) is 0 Å². The van der Waals surface area contributed by atoms with Crippen molar-refractivity contribution in [2.24, 2.45) is 0 Å². The summed E-state index contributed by atoms with van der Waals surface area (Å²) in [5, 5.41) is 3.38. The van der Waals surface area contributed by atoms with E-state index in [1.165, 1.54) is 0 Å². The Kier molecular flexibility index (Phi) is 7.11. The van der Waals surface area contributed by atoms with Gasteiger partial charge in [-0.3, -0.25) is 4.79 Å². The van der Waals surface area contributed by atoms with Gasteiger partial charge in [0.2, 0.25) is 0 Å². The maximum atomic E-state index is 12.1. The zero-order chi connectivity index (χ0) is 21.0. The second kappa shape index (κ2) is 9.57. The second-order valence-electron chi connectivity index (χ2n) is 7.29. The van der Waals surface area contributed by atoms with Crippen LogP contribution in [0.5, 0.6) is 5.75 Å². The average Bonchev–Trinajstić information content (AvgIpc) is 2.68. The molecule has 0 bridgehead atoms. The van der Waals surface area contributed by atoms with Gasteiger partial charge < -0.3 is 19.7 Å². The molecule has 1 aliphatic rings. The Balaban J connectivity index is 1.53. The van der Waals surface area contributed by atoms with Crippen molar-refractivity contribution in [2.75, 3.05) is 25.0 Å². The molecular formula is C22H25ClN2O3S. The first-order chi connectivity index (χ1) is 13.8. The number of nitrogens with zero attached hydrogens (tertiary/aromatic N) is 1. The molecule has 1 fully saturated rings. The van der Waals surface area contributed by atoms with Gasteiger partial charge in [0, 0.05) is 29.4 Å². The molecule has 2 aromatic rings. The standard InChI is InChI=1S/C22H25ClN2O3S/c1-14-4-7-18(10-20(14)23)24-21(26)13-27-19-8-5-17(6-9-19)22(29)25-11-15(2)28-16(3)12-25/h4-10,15-16H,11-13H2,1-3H3,(H,24,26)/t15-,16-/m1/s1. The second-order valence-corrected chi connectivity index (χ2v) is 8.09. The Morgan fingerprint density at radius 1 is 1.21 bits per heavy atom. The summed E-state index contributed by atoms with van der Waals surface area (Å²) in [7, 11) is 0. The highest BCUT2D eigenvalue weighted by Gasteiger charge is 2.24. The van der Waals surface area contributed by atoms with Crippen LogP contribution in [-0.4, -0.2) is 47.7 Å². The Hall–Kier alpha value is -2.15. The minimum atomic E-state index is -0.249. The molecule has 2 aromatic carbocycles. The zero-order valence-corrected chi connectivity index (χ0v) is 18.3. The first-order valence-electron chi connectivity index (χ1n) is 9.55. The lowest BCUT2D eigenvalue weighted by atomic mass is 10.1. The van der Waals surface area contributed by atoms with Crippen molar-refractivity contribution >= 4 is 40.4 Å². The van der Waals surface area contributed by atoms with Gasteiger partial charge in [0.15, 0.2) is 6.61 Å². The number of benzene rings is 2. The summed E-state index contributed by atoms with van der Waals surface area (Å²) in [6.45, 7) is 7.49. The summed E-state index contributed by atoms with van der Waals surface area (Å²) < 4.78 is 11.4. The fourth-order valence-electron chi connectivity index (χ4n) is 3.24. The number of hydrogen-bond donors (Lipinski definition) is 1. The molecule has 1 amide bonds. The van der Waals surface area contributed by atoms with Crippen LogP contribution in [0.4, 0.5) is 5.69 Å². The van der Waals surface area contributed by atoms with E-state index in [1.54, 1.807) is 6.07 Å². The van der Waals surface area contributed by atoms with Crippen LogP contribution in [0.25, 0.3) is 0 Å². The smallest absolute Gasteiger partial charge is 0.262 e. The quantitative estimate of drug-likeness (QED) is 0.707. The molecule has 7 heteroatoms. The number of ether oxygens (including phenoxy) is 2. The zero-order valence-electron chi connectivity index (χ0n) is 16.8. The maximum Gasteiger partial charge on any atom is 0.262 e. The molecular weight excluding hydrogens is 408 g/mol. The molecule has 1 saturated heterocycles. The average molecular weight is 433 g/mol. The molecule has 3 rings (SSSR count). The van der Waals surface area contributed by atoms with E-state index in [0.29, 0.717) is 16.5 Å². The molecule has 2 atom stereocenters. The lowest BCUT2D eigenvalue weighted by Crippen LogP contribution is -2.47. The number of hydrogen-bond acceptors (Lipinski definition) is 4. The van der Waals surface area contributed by atoms with Gasteiger partial charge in [-0.1, -0.05) is 29.9 Å². The molecule has 0 saturated carbocycles. The van der Waals surface area contributed by atoms with E-state index in [2.05, 4.69) is 24.1 Å². The number of aryl methyl sites for hydroxylation is 1. The van der Waals surface area contributed by atoms with Gasteiger partial charge in [0.05, 0.1) is 12.2 Å². The van der Waals surface area contributed by atoms with Crippen LogP contribution < -0.4 is 10.1 Å². The molecule has 0 radical (unpaired) electrons. The van der Waals surface area contributed by atoms with Crippen molar-refractivity contribution in [3.8, 4) is 5.75 Å². The van der Waals surface area contributed by atoms with Gasteiger partial charge >= 0.3 is 0 Å². The van der Waals surface area contributed by atoms with Gasteiger partial charge in [0.1, 0.15) is 10.7 Å². The maximum absolute atomic E-state index is 12.1. The Morgan fingerprint density at radius 2 is 1.86 bits per heavy atom. The van der Waals surface area contributed by atoms with Crippen LogP contribution >= 0.6 is 23.8 Å². The fourth-order valence-corrected chi connectivity index (χ4v) is 3.70. The number of anilines is 1. The molecule has 0 spiro atoms. The predicted molar refractivity (Wildman–Crippen MR) is 120 cm³/mol. The van der Waals surface area contributed by atoms with E-state index in [4.69, 9.17) is 33.3 Å². The number of nitrogens with one attached hydrogen (secondary N) is 1. The Bertz CT molecular complexity index is 878. The Labute approximate surface area is 181 Å². The third kappa shape index (κ3) is 5.92. The highest BCUT2D eigenvalue weighted by atomic mass is 35.5. The number of thiocarbonyl (C=S) groups is 1. The van der Waals surface area contributed by atoms with Gasteiger partial charge in [-0.15, -0.1) is 0 Å². The predicted octanol–water partition coefficient (Wildman–Crippen LogP) is 4.45. The fraction of sp³-hybridized carbons (Fsp3) is 0.364. The van der Waals surface area contributed by atoms with Crippen LogP contribution in [0, 0.1) is 6.92 Å². The number of amides is 1. The van der Waals surface area contributed by atoms with Crippen LogP contribution in [0.15, 0.2) is 42.5 Å². The van der Waals surface area contributed by atoms with Crippen molar-refractivity contribution < 1.29 is 14.3 Å². The molecule has 1 N–H and O–H groups in total. The van der Waals surface area contributed by atoms with Gasteiger partial charge in [-0.25, -0.2) is 0 Å². The first-order valence-corrected chi connectivity index (χ1v) is 10.3. The molecule has 5 nitrogen and oxygen atoms in total. The summed E-state index contributed by atoms with van der Waals surface area (Å²) >= 11 is 11.7. The van der Waals surface area contributed by atoms with E-state index >= 15 is 0 Å². The van der Waals surface area contributed by atoms with Crippen molar-refractivity contribution in [1.29, 1.82) is 0 Å². The van der Waals surface area contributed by atoms with Gasteiger partial charge in [0.25, 0.3) is 5.91 Å². The van der Waals surface area contributed by atoms with Gasteiger partial charge in [-0.05, 0) is 62.7 Å². The molecule has 0 aliphatic carbocycles. The summed E-state index contributed by atoms with van der Waals surface area (Å²) in [6.07, 6.45) is 0.308. The van der Waals surface area contributed by atoms with E-state index < -0.39 is 0 Å². The highest BCUT2D eigenvalue weighted by Crippen LogP contribution is 2.20. The molecule has 29 heavy (non-hydrogen) atoms. The highest BCUT2D eigenvalue weighted by molar-refractivity contribution is 7.80. The van der Waals surface area contributed by atoms with Crippen molar-refractivity contribution in [3.63, 3.8) is 0 Å². The van der Waals surface area contributed by atoms with Crippen molar-refractivity contribution in [1.82, 2.24) is 4.90 Å². The minimum absolute atomic E-state index is 0.0895. The minimum Gasteiger partial charge on any atom is -0.484 e. The number of carbonyl (C=O) groups is 1. The monoisotopic (exact) mass is 432 g/mol. The molecule has 0 unspecified atom stereocenters. The van der Waals surface area contributed by atoms with Crippen molar-refractivity contribution in [2.45, 2.75) is 33.0 Å². The van der Waals surface area contributed by atoms with Crippen LogP contribution in [-0.2, 0) is 9.53 Å². The number of carbonyl (C=O) groups excluding carboxylic acids is 1. The lowest BCUT2D eigenvalue weighted by molar-refractivity contribution is -0.118. The van der Waals surface area contributed by atoms with E-state index in [9.17, 15) is 4.79 Å². The summed E-state index contributed by atoms with van der Waals surface area (Å²) in [6, 6.07) is 12.9. The van der Waals surface area contributed by atoms with E-state index in [1.807, 2.05) is 43.3 Å². The normalized spacial score (nSPS) is 19.0. The van der Waals surface area contributed by atoms with E-state index in [0.717, 1.165) is 29.2 Å². The first kappa shape index (κ1) is 21.6. The molecule has 1 heterocycles. The number of morpholine rings is 1. The number of rotatable bonds is 5. The molecule has 1 aliphatic heterocycles. The lowest BCUT2D eigenvalue weighted by Gasteiger charge is -2.37. The third-order valence-electron chi connectivity index (χ3n) is 4.63. The Morgan fingerprint density at radius 3 is 2.48 bits per heavy atom. The summed E-state index contributed by atoms with van der Waals surface area (Å²) in [4.78, 5) is 15.1. The third-order valence-corrected chi connectivity index (χ3v) is 5.53. The topological polar surface area (TPSA) is 50.8 Å². The molecule has 154 valence electrons. The van der Waals surface area contributed by atoms with Crippen LogP contribution in [0.1, 0.15) is 25.0 Å². The van der Waals surface area contributed by atoms with Gasteiger partial charge in [-0.2, -0.15) is 0 Å². The van der Waals surface area contributed by atoms with Crippen molar-refractivity contribution in [3.05, 3.63) is 58.6 Å². The van der Waals surface area contributed by atoms with E-state index in [-0.39, 0.29) is 24.7 Å². The number of halogens is 1. The summed E-state index contributed by atoms with van der Waals surface area (Å²) in [5.74, 6) is 0.359. The summed E-state index contributed by atoms with van der Waals surface area (Å²) in [5.41, 5.74) is 2.55. The molecule has 0 aromatic heterocycles.